The monoisotopic (exact) mass is 524 g/mol. The first-order chi connectivity index (χ1) is 17.7. The molecule has 1 heterocycles. The van der Waals surface area contributed by atoms with Gasteiger partial charge in [-0.15, -0.1) is 0 Å². The predicted octanol–water partition coefficient (Wildman–Crippen LogP) is -0.0586. The minimum atomic E-state index is -1.58. The molecule has 1 aliphatic rings. The van der Waals surface area contributed by atoms with Crippen LogP contribution in [-0.4, -0.2) is 100 Å². The lowest BCUT2D eigenvalue weighted by molar-refractivity contribution is -0.304. The van der Waals surface area contributed by atoms with Crippen molar-refractivity contribution in [1.82, 2.24) is 0 Å². The second-order valence-corrected chi connectivity index (χ2v) is 9.15. The second-order valence-electron chi connectivity index (χ2n) is 9.15. The standard InChI is InChI=1S/C26H36O11/c1-34-20-9-14(3-5-18(20)29)7-16(11-27)17(8-15-4-6-19(30)21(10-15)35-2)13-36-26-25(33)24(32)23(31)22(12-28)37-26/h3-6,9-10,16-17,22-33H,7-8,11-13H2,1-2H3/t16-,17-,22+,23+,24-,25+,26+/m0/s1. The van der Waals surface area contributed by atoms with Gasteiger partial charge in [0.05, 0.1) is 27.4 Å². The summed E-state index contributed by atoms with van der Waals surface area (Å²) in [5.41, 5.74) is 1.59. The number of phenols is 2. The van der Waals surface area contributed by atoms with E-state index < -0.39 is 37.3 Å². The second kappa shape index (κ2) is 13.2. The average Bonchev–Trinajstić information content (AvgIpc) is 2.91. The van der Waals surface area contributed by atoms with E-state index in [-0.39, 0.29) is 42.3 Å². The number of benzene rings is 2. The molecule has 0 spiro atoms. The van der Waals surface area contributed by atoms with Crippen LogP contribution in [0.25, 0.3) is 0 Å². The lowest BCUT2D eigenvalue weighted by atomic mass is 9.83. The van der Waals surface area contributed by atoms with Crippen molar-refractivity contribution >= 4 is 0 Å². The summed E-state index contributed by atoms with van der Waals surface area (Å²) < 4.78 is 21.7. The van der Waals surface area contributed by atoms with Gasteiger partial charge in [-0.25, -0.2) is 0 Å². The average molecular weight is 525 g/mol. The Bertz CT molecular complexity index is 998. The largest absolute Gasteiger partial charge is 0.504 e. The van der Waals surface area contributed by atoms with E-state index in [1.165, 1.54) is 26.4 Å². The van der Waals surface area contributed by atoms with Crippen LogP contribution in [0.4, 0.5) is 0 Å². The lowest BCUT2D eigenvalue weighted by Crippen LogP contribution is -2.59. The van der Waals surface area contributed by atoms with Gasteiger partial charge in [0.15, 0.2) is 29.3 Å². The summed E-state index contributed by atoms with van der Waals surface area (Å²) >= 11 is 0. The molecule has 7 atom stereocenters. The SMILES string of the molecule is COc1cc(C[C@@H](CO)[C@H](CO[C@@H]2O[C@H](CO)[C@@H](O)[C@H](O)[C@H]2O)Cc2ccc(O)c(OC)c2)ccc1O. The van der Waals surface area contributed by atoms with Gasteiger partial charge in [-0.1, -0.05) is 12.1 Å². The van der Waals surface area contributed by atoms with E-state index in [9.17, 15) is 35.7 Å². The van der Waals surface area contributed by atoms with E-state index >= 15 is 0 Å². The Hall–Kier alpha value is -2.64. The number of aromatic hydroxyl groups is 2. The van der Waals surface area contributed by atoms with Crippen molar-refractivity contribution in [2.45, 2.75) is 43.5 Å². The fourth-order valence-corrected chi connectivity index (χ4v) is 4.47. The van der Waals surface area contributed by atoms with Crippen molar-refractivity contribution in [3.8, 4) is 23.0 Å². The molecule has 0 amide bonds. The molecule has 1 fully saturated rings. The van der Waals surface area contributed by atoms with E-state index in [1.807, 2.05) is 0 Å². The minimum absolute atomic E-state index is 0.00881. The molecule has 1 aliphatic heterocycles. The maximum Gasteiger partial charge on any atom is 0.186 e. The van der Waals surface area contributed by atoms with Crippen LogP contribution in [0.2, 0.25) is 0 Å². The van der Waals surface area contributed by atoms with Gasteiger partial charge in [0.1, 0.15) is 24.4 Å². The summed E-state index contributed by atoms with van der Waals surface area (Å²) in [6.45, 7) is -0.822. The number of hydrogen-bond donors (Lipinski definition) is 7. The van der Waals surface area contributed by atoms with E-state index in [2.05, 4.69) is 0 Å². The Balaban J connectivity index is 1.83. The molecule has 0 aromatic heterocycles. The van der Waals surface area contributed by atoms with Crippen molar-refractivity contribution in [2.75, 3.05) is 34.0 Å². The molecule has 2 aromatic rings. The van der Waals surface area contributed by atoms with Crippen molar-refractivity contribution < 1.29 is 54.7 Å². The molecule has 11 heteroatoms. The van der Waals surface area contributed by atoms with Crippen LogP contribution in [0.15, 0.2) is 36.4 Å². The van der Waals surface area contributed by atoms with Gasteiger partial charge in [0.25, 0.3) is 0 Å². The molecular weight excluding hydrogens is 488 g/mol. The van der Waals surface area contributed by atoms with Gasteiger partial charge < -0.3 is 54.7 Å². The number of ether oxygens (including phenoxy) is 4. The van der Waals surface area contributed by atoms with Crippen LogP contribution >= 0.6 is 0 Å². The Labute approximate surface area is 215 Å². The third kappa shape index (κ3) is 7.02. The third-order valence-electron chi connectivity index (χ3n) is 6.71. The van der Waals surface area contributed by atoms with Crippen molar-refractivity contribution in [3.63, 3.8) is 0 Å². The van der Waals surface area contributed by atoms with Gasteiger partial charge >= 0.3 is 0 Å². The molecule has 0 radical (unpaired) electrons. The van der Waals surface area contributed by atoms with Crippen LogP contribution in [0, 0.1) is 11.8 Å². The van der Waals surface area contributed by atoms with Crippen molar-refractivity contribution in [1.29, 1.82) is 0 Å². The number of phenolic OH excluding ortho intramolecular Hbond substituents is 2. The topological polar surface area (TPSA) is 179 Å². The smallest absolute Gasteiger partial charge is 0.186 e. The number of aliphatic hydroxyl groups excluding tert-OH is 5. The summed E-state index contributed by atoms with van der Waals surface area (Å²) in [5, 5.41) is 70.1. The van der Waals surface area contributed by atoms with Crippen LogP contribution < -0.4 is 9.47 Å². The molecule has 1 saturated heterocycles. The molecular formula is C26H36O11. The van der Waals surface area contributed by atoms with Gasteiger partial charge in [-0.2, -0.15) is 0 Å². The van der Waals surface area contributed by atoms with E-state index in [0.717, 1.165) is 11.1 Å². The molecule has 2 aromatic carbocycles. The summed E-state index contributed by atoms with van der Waals surface area (Å²) in [6.07, 6.45) is -6.29. The van der Waals surface area contributed by atoms with E-state index in [0.29, 0.717) is 18.6 Å². The number of aliphatic hydroxyl groups is 5. The molecule has 0 aliphatic carbocycles. The number of methoxy groups -OCH3 is 2. The van der Waals surface area contributed by atoms with Gasteiger partial charge in [0.2, 0.25) is 0 Å². The molecule has 11 nitrogen and oxygen atoms in total. The molecule has 3 rings (SSSR count). The first-order valence-corrected chi connectivity index (χ1v) is 12.0. The van der Waals surface area contributed by atoms with Gasteiger partial charge in [0, 0.05) is 6.61 Å². The zero-order valence-corrected chi connectivity index (χ0v) is 20.8. The van der Waals surface area contributed by atoms with Crippen LogP contribution in [0.5, 0.6) is 23.0 Å². The summed E-state index contributed by atoms with van der Waals surface area (Å²) in [6, 6.07) is 9.80. The van der Waals surface area contributed by atoms with Crippen molar-refractivity contribution in [3.05, 3.63) is 47.5 Å². The maximum absolute atomic E-state index is 10.4. The van der Waals surface area contributed by atoms with Gasteiger partial charge in [-0.05, 0) is 60.1 Å². The normalized spacial score (nSPS) is 25.4. The number of rotatable bonds is 12. The Morgan fingerprint density at radius 3 is 1.81 bits per heavy atom. The molecule has 0 saturated carbocycles. The fourth-order valence-electron chi connectivity index (χ4n) is 4.47. The van der Waals surface area contributed by atoms with E-state index in [1.54, 1.807) is 24.3 Å². The Morgan fingerprint density at radius 2 is 1.32 bits per heavy atom. The van der Waals surface area contributed by atoms with Crippen LogP contribution in [0.1, 0.15) is 11.1 Å². The quantitative estimate of drug-likeness (QED) is 0.198. The highest BCUT2D eigenvalue weighted by atomic mass is 16.7. The molecule has 7 N–H and O–H groups in total. The number of hydrogen-bond acceptors (Lipinski definition) is 11. The molecule has 37 heavy (non-hydrogen) atoms. The minimum Gasteiger partial charge on any atom is -0.504 e. The zero-order chi connectivity index (χ0) is 27.1. The third-order valence-corrected chi connectivity index (χ3v) is 6.71. The summed E-state index contributed by atoms with van der Waals surface area (Å²) in [7, 11) is 2.88. The maximum atomic E-state index is 10.4. The molecule has 0 unspecified atom stereocenters. The predicted molar refractivity (Wildman–Crippen MR) is 131 cm³/mol. The summed E-state index contributed by atoms with van der Waals surface area (Å²) in [5.74, 6) is -0.160. The Kier molecular flexibility index (Phi) is 10.4. The highest BCUT2D eigenvalue weighted by Gasteiger charge is 2.44. The fraction of sp³-hybridized carbons (Fsp3) is 0.538. The Morgan fingerprint density at radius 1 is 0.784 bits per heavy atom. The molecule has 0 bridgehead atoms. The first-order valence-electron chi connectivity index (χ1n) is 12.0. The van der Waals surface area contributed by atoms with Crippen LogP contribution in [0.3, 0.4) is 0 Å². The highest BCUT2D eigenvalue weighted by Crippen LogP contribution is 2.32. The van der Waals surface area contributed by atoms with Crippen LogP contribution in [-0.2, 0) is 22.3 Å². The van der Waals surface area contributed by atoms with Crippen molar-refractivity contribution in [2.24, 2.45) is 11.8 Å². The van der Waals surface area contributed by atoms with E-state index in [4.69, 9.17) is 18.9 Å². The highest BCUT2D eigenvalue weighted by molar-refractivity contribution is 5.43. The zero-order valence-electron chi connectivity index (χ0n) is 20.8. The molecule has 206 valence electrons. The summed E-state index contributed by atoms with van der Waals surface area (Å²) in [4.78, 5) is 0. The van der Waals surface area contributed by atoms with Gasteiger partial charge in [-0.3, -0.25) is 0 Å². The lowest BCUT2D eigenvalue weighted by Gasteiger charge is -2.40. The first kappa shape index (κ1) is 28.9.